The molecule has 0 aliphatic carbocycles. The first kappa shape index (κ1) is 15.7. The van der Waals surface area contributed by atoms with E-state index in [2.05, 4.69) is 0 Å². The maximum atomic E-state index is 13.1. The predicted molar refractivity (Wildman–Crippen MR) is 57.4 cm³/mol. The van der Waals surface area contributed by atoms with Gasteiger partial charge in [-0.15, -0.1) is 0 Å². The lowest BCUT2D eigenvalue weighted by atomic mass is 10.1. The standard InChI is InChI=1S/C10H16F4OS/c1-3-7(11)9(12)10(13,14)5-6-16-8(15)4-2/h7,9H,3-6H2,1-2H3. The van der Waals surface area contributed by atoms with Crippen LogP contribution in [0, 0.1) is 0 Å². The molecule has 2 atom stereocenters. The zero-order chi connectivity index (χ0) is 12.8. The van der Waals surface area contributed by atoms with Crippen LogP contribution in [0.4, 0.5) is 17.6 Å². The summed E-state index contributed by atoms with van der Waals surface area (Å²) >= 11 is 0.732. The second-order valence-electron chi connectivity index (χ2n) is 3.41. The Labute approximate surface area is 97.0 Å². The molecule has 0 heterocycles. The molecule has 0 rings (SSSR count). The van der Waals surface area contributed by atoms with Crippen molar-refractivity contribution in [3.8, 4) is 0 Å². The van der Waals surface area contributed by atoms with Crippen LogP contribution in [0.5, 0.6) is 0 Å². The summed E-state index contributed by atoms with van der Waals surface area (Å²) < 4.78 is 51.8. The minimum absolute atomic E-state index is 0.184. The van der Waals surface area contributed by atoms with Gasteiger partial charge in [0.15, 0.2) is 11.3 Å². The molecule has 0 saturated carbocycles. The second kappa shape index (κ2) is 7.14. The van der Waals surface area contributed by atoms with Crippen molar-refractivity contribution >= 4 is 16.9 Å². The Balaban J connectivity index is 4.08. The highest BCUT2D eigenvalue weighted by Gasteiger charge is 2.44. The third kappa shape index (κ3) is 5.18. The lowest BCUT2D eigenvalue weighted by Crippen LogP contribution is -2.37. The summed E-state index contributed by atoms with van der Waals surface area (Å²) in [5.74, 6) is -3.88. The van der Waals surface area contributed by atoms with Crippen LogP contribution < -0.4 is 0 Å². The number of carbonyl (C=O) groups is 1. The van der Waals surface area contributed by atoms with E-state index in [0.29, 0.717) is 0 Å². The van der Waals surface area contributed by atoms with E-state index in [1.165, 1.54) is 6.92 Å². The van der Waals surface area contributed by atoms with Crippen molar-refractivity contribution < 1.29 is 22.4 Å². The van der Waals surface area contributed by atoms with E-state index in [0.717, 1.165) is 11.8 Å². The van der Waals surface area contributed by atoms with Crippen LogP contribution in [-0.4, -0.2) is 29.1 Å². The molecule has 0 amide bonds. The predicted octanol–water partition coefficient (Wildman–Crippen LogP) is 3.77. The molecule has 0 aromatic carbocycles. The van der Waals surface area contributed by atoms with Crippen molar-refractivity contribution in [2.24, 2.45) is 0 Å². The SMILES string of the molecule is CCC(=O)SCCC(F)(F)C(F)C(F)CC. The van der Waals surface area contributed by atoms with Gasteiger partial charge in [0.25, 0.3) is 5.92 Å². The van der Waals surface area contributed by atoms with Gasteiger partial charge < -0.3 is 0 Å². The highest BCUT2D eigenvalue weighted by Crippen LogP contribution is 2.31. The largest absolute Gasteiger partial charge is 0.287 e. The van der Waals surface area contributed by atoms with E-state index < -0.39 is 24.7 Å². The van der Waals surface area contributed by atoms with Crippen molar-refractivity contribution in [3.05, 3.63) is 0 Å². The quantitative estimate of drug-likeness (QED) is 0.648. The fourth-order valence-electron chi connectivity index (χ4n) is 1.01. The molecular formula is C10H16F4OS. The van der Waals surface area contributed by atoms with Crippen molar-refractivity contribution in [2.75, 3.05) is 5.75 Å². The number of rotatable bonds is 7. The molecule has 96 valence electrons. The summed E-state index contributed by atoms with van der Waals surface area (Å²) in [6.07, 6.45) is -5.78. The highest BCUT2D eigenvalue weighted by molar-refractivity contribution is 8.13. The summed E-state index contributed by atoms with van der Waals surface area (Å²) in [6.45, 7) is 2.92. The first-order valence-electron chi connectivity index (χ1n) is 5.16. The van der Waals surface area contributed by atoms with Gasteiger partial charge in [0, 0.05) is 18.6 Å². The van der Waals surface area contributed by atoms with Crippen LogP contribution in [0.2, 0.25) is 0 Å². The molecule has 0 aliphatic heterocycles. The summed E-state index contributed by atoms with van der Waals surface area (Å²) in [5.41, 5.74) is 0. The third-order valence-electron chi connectivity index (χ3n) is 2.10. The van der Waals surface area contributed by atoms with Gasteiger partial charge >= 0.3 is 0 Å². The molecule has 0 fully saturated rings. The molecule has 16 heavy (non-hydrogen) atoms. The van der Waals surface area contributed by atoms with Crippen LogP contribution in [-0.2, 0) is 4.79 Å². The van der Waals surface area contributed by atoms with Gasteiger partial charge in [-0.05, 0) is 6.42 Å². The molecule has 0 radical (unpaired) electrons. The smallest absolute Gasteiger partial charge is 0.282 e. The molecule has 0 aliphatic rings. The van der Waals surface area contributed by atoms with Crippen LogP contribution in [0.1, 0.15) is 33.1 Å². The Morgan fingerprint density at radius 3 is 2.31 bits per heavy atom. The molecule has 2 unspecified atom stereocenters. The van der Waals surface area contributed by atoms with Gasteiger partial charge in [0.05, 0.1) is 0 Å². The van der Waals surface area contributed by atoms with Crippen LogP contribution >= 0.6 is 11.8 Å². The lowest BCUT2D eigenvalue weighted by molar-refractivity contribution is -0.110. The summed E-state index contributed by atoms with van der Waals surface area (Å²) in [7, 11) is 0. The fourth-order valence-corrected chi connectivity index (χ4v) is 1.82. The van der Waals surface area contributed by atoms with Crippen LogP contribution in [0.25, 0.3) is 0 Å². The van der Waals surface area contributed by atoms with E-state index in [9.17, 15) is 22.4 Å². The van der Waals surface area contributed by atoms with E-state index in [1.807, 2.05) is 0 Å². The van der Waals surface area contributed by atoms with Crippen molar-refractivity contribution in [1.82, 2.24) is 0 Å². The number of hydrogen-bond acceptors (Lipinski definition) is 2. The normalized spacial score (nSPS) is 15.9. The lowest BCUT2D eigenvalue weighted by Gasteiger charge is -2.22. The molecule has 0 N–H and O–H groups in total. The van der Waals surface area contributed by atoms with Gasteiger partial charge in [-0.3, -0.25) is 4.79 Å². The van der Waals surface area contributed by atoms with Crippen LogP contribution in [0.15, 0.2) is 0 Å². The monoisotopic (exact) mass is 260 g/mol. The number of alkyl halides is 4. The Morgan fingerprint density at radius 2 is 1.88 bits per heavy atom. The fraction of sp³-hybridized carbons (Fsp3) is 0.900. The highest BCUT2D eigenvalue weighted by atomic mass is 32.2. The van der Waals surface area contributed by atoms with Crippen molar-refractivity contribution in [2.45, 2.75) is 51.4 Å². The molecule has 0 aromatic heterocycles. The first-order valence-corrected chi connectivity index (χ1v) is 6.15. The van der Waals surface area contributed by atoms with Gasteiger partial charge in [0.2, 0.25) is 0 Å². The number of thioether (sulfide) groups is 1. The molecule has 6 heteroatoms. The zero-order valence-electron chi connectivity index (χ0n) is 9.31. The summed E-state index contributed by atoms with van der Waals surface area (Å²) in [5, 5.41) is -0.224. The Morgan fingerprint density at radius 1 is 1.31 bits per heavy atom. The minimum Gasteiger partial charge on any atom is -0.287 e. The van der Waals surface area contributed by atoms with Gasteiger partial charge in [-0.1, -0.05) is 25.6 Å². The molecule has 0 saturated heterocycles. The Kier molecular flexibility index (Phi) is 7.03. The van der Waals surface area contributed by atoms with Crippen molar-refractivity contribution in [3.63, 3.8) is 0 Å². The maximum Gasteiger partial charge on any atom is 0.282 e. The summed E-state index contributed by atoms with van der Waals surface area (Å²) in [4.78, 5) is 10.8. The third-order valence-corrected chi connectivity index (χ3v) is 3.12. The molecule has 1 nitrogen and oxygen atoms in total. The Bertz CT molecular complexity index is 223. The van der Waals surface area contributed by atoms with E-state index in [1.54, 1.807) is 6.92 Å². The topological polar surface area (TPSA) is 17.1 Å². The van der Waals surface area contributed by atoms with Gasteiger partial charge in [0.1, 0.15) is 6.17 Å². The Hall–Kier alpha value is -0.260. The molecular weight excluding hydrogens is 244 g/mol. The minimum atomic E-state index is -3.70. The van der Waals surface area contributed by atoms with E-state index in [-0.39, 0.29) is 23.7 Å². The maximum absolute atomic E-state index is 13.1. The molecule has 0 bridgehead atoms. The van der Waals surface area contributed by atoms with Gasteiger partial charge in [-0.25, -0.2) is 17.6 Å². The molecule has 0 aromatic rings. The second-order valence-corrected chi connectivity index (χ2v) is 4.56. The van der Waals surface area contributed by atoms with Crippen molar-refractivity contribution in [1.29, 1.82) is 0 Å². The average Bonchev–Trinajstić information content (AvgIpc) is 2.26. The average molecular weight is 260 g/mol. The molecule has 0 spiro atoms. The van der Waals surface area contributed by atoms with Gasteiger partial charge in [-0.2, -0.15) is 0 Å². The number of hydrogen-bond donors (Lipinski definition) is 0. The van der Waals surface area contributed by atoms with E-state index in [4.69, 9.17) is 0 Å². The van der Waals surface area contributed by atoms with E-state index >= 15 is 0 Å². The zero-order valence-corrected chi connectivity index (χ0v) is 10.1. The number of halogens is 4. The summed E-state index contributed by atoms with van der Waals surface area (Å²) in [6, 6.07) is 0. The number of carbonyl (C=O) groups excluding carboxylic acids is 1. The van der Waals surface area contributed by atoms with Crippen LogP contribution in [0.3, 0.4) is 0 Å². The first-order chi connectivity index (χ1) is 7.35.